The van der Waals surface area contributed by atoms with E-state index in [1.54, 1.807) is 0 Å². The van der Waals surface area contributed by atoms with E-state index in [-0.39, 0.29) is 10.8 Å². The summed E-state index contributed by atoms with van der Waals surface area (Å²) in [6.45, 7) is 13.9. The summed E-state index contributed by atoms with van der Waals surface area (Å²) in [5.41, 5.74) is 12.7. The largest absolute Gasteiger partial charge is 0.0616 e. The Hall–Kier alpha value is -5.98. The highest BCUT2D eigenvalue weighted by Crippen LogP contribution is 2.46. The lowest BCUT2D eigenvalue weighted by Gasteiger charge is -2.25. The maximum Gasteiger partial charge on any atom is -0.00263 e. The molecule has 0 saturated heterocycles. The molecule has 0 nitrogen and oxygen atoms in total. The third kappa shape index (κ3) is 5.97. The number of hydrogen-bond donors (Lipinski definition) is 0. The van der Waals surface area contributed by atoms with Gasteiger partial charge < -0.3 is 0 Å². The van der Waals surface area contributed by atoms with E-state index in [1.165, 1.54) is 98.7 Å². The Balaban J connectivity index is 1.28. The summed E-state index contributed by atoms with van der Waals surface area (Å²) in [5.74, 6) is 0. The second-order valence-corrected chi connectivity index (χ2v) is 17.0. The quantitative estimate of drug-likeness (QED) is 0.161. The van der Waals surface area contributed by atoms with Crippen molar-refractivity contribution < 1.29 is 0 Å². The zero-order valence-corrected chi connectivity index (χ0v) is 32.2. The van der Waals surface area contributed by atoms with Crippen molar-refractivity contribution in [1.29, 1.82) is 0 Å². The first-order chi connectivity index (χ1) is 26.0. The molecule has 0 saturated carbocycles. The second kappa shape index (κ2) is 12.9. The van der Waals surface area contributed by atoms with E-state index in [1.807, 2.05) is 0 Å². The van der Waals surface area contributed by atoms with Crippen LogP contribution in [0.3, 0.4) is 0 Å². The fraction of sp³-hybridized carbons (Fsp3) is 0.148. The van der Waals surface area contributed by atoms with Gasteiger partial charge in [-0.25, -0.2) is 0 Å². The Morgan fingerprint density at radius 1 is 0.278 bits per heavy atom. The van der Waals surface area contributed by atoms with Gasteiger partial charge in [0.2, 0.25) is 0 Å². The van der Waals surface area contributed by atoms with Crippen LogP contribution in [0.25, 0.3) is 87.6 Å². The maximum atomic E-state index is 2.47. The van der Waals surface area contributed by atoms with Crippen molar-refractivity contribution in [1.82, 2.24) is 0 Å². The van der Waals surface area contributed by atoms with Crippen molar-refractivity contribution in [2.45, 2.75) is 52.4 Å². The van der Waals surface area contributed by atoms with Crippen molar-refractivity contribution in [3.8, 4) is 44.5 Å². The normalized spacial score (nSPS) is 12.3. The van der Waals surface area contributed by atoms with Crippen LogP contribution in [-0.2, 0) is 10.8 Å². The van der Waals surface area contributed by atoms with Crippen LogP contribution in [0.15, 0.2) is 170 Å². The van der Waals surface area contributed by atoms with Crippen LogP contribution < -0.4 is 0 Å². The van der Waals surface area contributed by atoms with Gasteiger partial charge >= 0.3 is 0 Å². The molecular formula is C54H46. The molecule has 0 aliphatic carbocycles. The summed E-state index contributed by atoms with van der Waals surface area (Å²) in [6.07, 6.45) is 0. The molecule has 262 valence electrons. The molecule has 9 rings (SSSR count). The molecule has 0 bridgehead atoms. The van der Waals surface area contributed by atoms with E-state index >= 15 is 0 Å². The third-order valence-corrected chi connectivity index (χ3v) is 11.4. The molecule has 0 radical (unpaired) electrons. The average Bonchev–Trinajstić information content (AvgIpc) is 3.18. The number of fused-ring (bicyclic) bond motifs is 4. The molecule has 0 aliphatic rings. The predicted molar refractivity (Wildman–Crippen MR) is 236 cm³/mol. The Morgan fingerprint density at radius 2 is 0.741 bits per heavy atom. The highest BCUT2D eigenvalue weighted by atomic mass is 14.3. The molecule has 0 heteroatoms. The highest BCUT2D eigenvalue weighted by molar-refractivity contribution is 6.21. The summed E-state index contributed by atoms with van der Waals surface area (Å²) >= 11 is 0. The van der Waals surface area contributed by atoms with Crippen molar-refractivity contribution in [2.24, 2.45) is 0 Å². The van der Waals surface area contributed by atoms with Crippen LogP contribution >= 0.6 is 0 Å². The first kappa shape index (κ1) is 33.8. The van der Waals surface area contributed by atoms with Crippen LogP contribution in [-0.4, -0.2) is 0 Å². The molecule has 0 unspecified atom stereocenters. The van der Waals surface area contributed by atoms with Crippen LogP contribution in [0.5, 0.6) is 0 Å². The Labute approximate surface area is 319 Å². The molecular weight excluding hydrogens is 649 g/mol. The first-order valence-corrected chi connectivity index (χ1v) is 19.3. The molecule has 9 aromatic rings. The van der Waals surface area contributed by atoms with E-state index in [0.717, 1.165) is 0 Å². The van der Waals surface area contributed by atoms with E-state index in [4.69, 9.17) is 0 Å². The molecule has 0 aromatic heterocycles. The van der Waals surface area contributed by atoms with Crippen molar-refractivity contribution >= 4 is 43.1 Å². The topological polar surface area (TPSA) is 0 Å². The highest BCUT2D eigenvalue weighted by Gasteiger charge is 2.23. The molecule has 0 amide bonds. The van der Waals surface area contributed by atoms with Gasteiger partial charge in [0.1, 0.15) is 0 Å². The molecule has 0 spiro atoms. The summed E-state index contributed by atoms with van der Waals surface area (Å²) < 4.78 is 0. The lowest BCUT2D eigenvalue weighted by molar-refractivity contribution is 0.590. The minimum Gasteiger partial charge on any atom is -0.0616 e. The van der Waals surface area contributed by atoms with Gasteiger partial charge in [0, 0.05) is 0 Å². The van der Waals surface area contributed by atoms with E-state index < -0.39 is 0 Å². The Bertz CT molecular complexity index is 2850. The minimum absolute atomic E-state index is 0.0103. The van der Waals surface area contributed by atoms with Gasteiger partial charge in [0.05, 0.1) is 0 Å². The van der Waals surface area contributed by atoms with Gasteiger partial charge in [-0.3, -0.25) is 0 Å². The van der Waals surface area contributed by atoms with Gasteiger partial charge in [-0.1, -0.05) is 193 Å². The smallest absolute Gasteiger partial charge is 0.00263 e. The third-order valence-electron chi connectivity index (χ3n) is 11.4. The van der Waals surface area contributed by atoms with Gasteiger partial charge in [-0.05, 0) is 128 Å². The lowest BCUT2D eigenvalue weighted by Crippen LogP contribution is -2.11. The van der Waals surface area contributed by atoms with Crippen LogP contribution in [0.1, 0.15) is 52.7 Å². The fourth-order valence-electron chi connectivity index (χ4n) is 8.28. The summed E-state index contributed by atoms with van der Waals surface area (Å²) in [4.78, 5) is 0. The molecule has 0 N–H and O–H groups in total. The Morgan fingerprint density at radius 3 is 1.31 bits per heavy atom. The first-order valence-electron chi connectivity index (χ1n) is 19.3. The number of benzene rings is 9. The van der Waals surface area contributed by atoms with Crippen LogP contribution in [0, 0.1) is 0 Å². The predicted octanol–water partition coefficient (Wildman–Crippen LogP) is 15.6. The molecule has 0 atom stereocenters. The monoisotopic (exact) mass is 694 g/mol. The average molecular weight is 695 g/mol. The van der Waals surface area contributed by atoms with Crippen molar-refractivity contribution in [2.75, 3.05) is 0 Å². The Kier molecular flexibility index (Phi) is 8.05. The second-order valence-electron chi connectivity index (χ2n) is 17.0. The lowest BCUT2D eigenvalue weighted by atomic mass is 9.79. The van der Waals surface area contributed by atoms with Gasteiger partial charge in [-0.15, -0.1) is 0 Å². The molecule has 0 heterocycles. The number of rotatable bonds is 4. The minimum atomic E-state index is 0.0103. The molecule has 9 aromatic carbocycles. The van der Waals surface area contributed by atoms with Crippen molar-refractivity contribution in [3.63, 3.8) is 0 Å². The zero-order valence-electron chi connectivity index (χ0n) is 32.2. The maximum absolute atomic E-state index is 2.47. The zero-order chi connectivity index (χ0) is 37.2. The van der Waals surface area contributed by atoms with E-state index in [2.05, 4.69) is 211 Å². The molecule has 0 aliphatic heterocycles. The van der Waals surface area contributed by atoms with Crippen molar-refractivity contribution in [3.05, 3.63) is 181 Å². The summed E-state index contributed by atoms with van der Waals surface area (Å²) in [6, 6.07) is 63.6. The summed E-state index contributed by atoms with van der Waals surface area (Å²) in [5, 5.41) is 10.2. The molecule has 0 fully saturated rings. The van der Waals surface area contributed by atoms with E-state index in [0.29, 0.717) is 0 Å². The van der Waals surface area contributed by atoms with Gasteiger partial charge in [0.25, 0.3) is 0 Å². The van der Waals surface area contributed by atoms with Gasteiger partial charge in [0.15, 0.2) is 0 Å². The number of hydrogen-bond acceptors (Lipinski definition) is 0. The fourth-order valence-corrected chi connectivity index (χ4v) is 8.28. The van der Waals surface area contributed by atoms with Crippen LogP contribution in [0.2, 0.25) is 0 Å². The van der Waals surface area contributed by atoms with Crippen LogP contribution in [0.4, 0.5) is 0 Å². The standard InChI is InChI=1S/C54H46/c1-53(2,3)43-29-31-48-49(33-43)51(39-23-18-36(19-24-39)42-27-20-35-12-7-8-14-41(35)32-42)47-30-28-44(54(4,5)6)34-50(47)52(48)40-25-21-38(22-26-40)46-17-11-15-37-13-9-10-16-45(37)46/h7-34H,1-6H3. The van der Waals surface area contributed by atoms with E-state index in [9.17, 15) is 0 Å². The summed E-state index contributed by atoms with van der Waals surface area (Å²) in [7, 11) is 0. The molecule has 54 heavy (non-hydrogen) atoms. The SMILES string of the molecule is CC(C)(C)c1ccc2c(-c3ccc(-c4cccc5ccccc45)cc3)c3cc(C(C)(C)C)ccc3c(-c3ccc(-c4ccc5ccccc5c4)cc3)c2c1. The van der Waals surface area contributed by atoms with Gasteiger partial charge in [-0.2, -0.15) is 0 Å².